The van der Waals surface area contributed by atoms with Crippen LogP contribution in [0.5, 0.6) is 0 Å². The van der Waals surface area contributed by atoms with E-state index in [2.05, 4.69) is 45.3 Å². The van der Waals surface area contributed by atoms with Crippen molar-refractivity contribution in [3.8, 4) is 0 Å². The largest absolute Gasteiger partial charge is 0.372 e. The van der Waals surface area contributed by atoms with Gasteiger partial charge < -0.3 is 33.0 Å². The van der Waals surface area contributed by atoms with Crippen molar-refractivity contribution in [2.75, 3.05) is 85.5 Å². The molecule has 0 spiro atoms. The Kier molecular flexibility index (Phi) is 11.9. The van der Waals surface area contributed by atoms with Crippen LogP contribution in [-0.2, 0) is 41.6 Å². The first-order chi connectivity index (χ1) is 23.6. The van der Waals surface area contributed by atoms with E-state index in [1.807, 2.05) is 44.3 Å². The lowest BCUT2D eigenvalue weighted by Gasteiger charge is -2.21. The monoisotopic (exact) mass is 666 g/mol. The summed E-state index contributed by atoms with van der Waals surface area (Å²) < 4.78 is 33.7. The van der Waals surface area contributed by atoms with Crippen LogP contribution in [0.1, 0.15) is 17.8 Å². The fourth-order valence-electron chi connectivity index (χ4n) is 5.65. The van der Waals surface area contributed by atoms with E-state index < -0.39 is 0 Å². The van der Waals surface area contributed by atoms with Crippen LogP contribution < -0.4 is 0 Å². The van der Waals surface area contributed by atoms with Gasteiger partial charge in [0.05, 0.1) is 89.3 Å². The molecule has 6 saturated heterocycles. The van der Waals surface area contributed by atoms with Crippen molar-refractivity contribution in [2.24, 2.45) is 10.9 Å². The Balaban J connectivity index is 0.000000114. The molecule has 0 amide bonds. The summed E-state index contributed by atoms with van der Waals surface area (Å²) in [5.41, 5.74) is 1.15. The van der Waals surface area contributed by atoms with E-state index in [-0.39, 0.29) is 0 Å². The van der Waals surface area contributed by atoms with E-state index in [4.69, 9.17) is 28.4 Å². The second kappa shape index (κ2) is 16.8. The minimum absolute atomic E-state index is 0.417. The topological polar surface area (TPSA) is 141 Å². The van der Waals surface area contributed by atoms with Crippen molar-refractivity contribution in [3.63, 3.8) is 0 Å². The maximum atomic E-state index is 5.29. The second-order valence-corrected chi connectivity index (χ2v) is 13.7. The number of aromatic nitrogens is 4. The van der Waals surface area contributed by atoms with Crippen LogP contribution in [0.3, 0.4) is 0 Å². The third kappa shape index (κ3) is 13.3. The van der Waals surface area contributed by atoms with Gasteiger partial charge in [-0.3, -0.25) is 19.7 Å². The number of aliphatic imine (C=N–C) groups is 1. The molecule has 6 fully saturated rings. The van der Waals surface area contributed by atoms with Crippen molar-refractivity contribution in [1.82, 2.24) is 34.2 Å². The van der Waals surface area contributed by atoms with Crippen LogP contribution in [0.15, 0.2) is 48.4 Å². The molecule has 9 rings (SSSR count). The van der Waals surface area contributed by atoms with Gasteiger partial charge in [0.25, 0.3) is 0 Å². The van der Waals surface area contributed by atoms with Gasteiger partial charge in [-0.25, -0.2) is 15.0 Å². The quantitative estimate of drug-likeness (QED) is 0.198. The number of ether oxygens (including phenoxy) is 6. The van der Waals surface area contributed by atoms with E-state index in [0.29, 0.717) is 42.5 Å². The number of imidazole rings is 1. The summed E-state index contributed by atoms with van der Waals surface area (Å²) >= 11 is 0. The van der Waals surface area contributed by atoms with Crippen LogP contribution in [0.2, 0.25) is 0 Å². The highest BCUT2D eigenvalue weighted by atomic mass is 16.6. The van der Waals surface area contributed by atoms with Crippen molar-refractivity contribution in [2.45, 2.75) is 63.2 Å². The molecular weight excluding hydrogens is 616 g/mol. The van der Waals surface area contributed by atoms with E-state index in [9.17, 15) is 0 Å². The smallest absolute Gasteiger partial charge is 0.125 e. The fraction of sp³-hybridized carbons (Fsp3) is 0.706. The lowest BCUT2D eigenvalue weighted by molar-refractivity contribution is 0.180. The van der Waals surface area contributed by atoms with Crippen molar-refractivity contribution in [1.29, 1.82) is 0 Å². The molecule has 7 aliphatic heterocycles. The molecule has 0 saturated carbocycles. The van der Waals surface area contributed by atoms with Gasteiger partial charge in [-0.05, 0) is 19.9 Å². The highest BCUT2D eigenvalue weighted by Crippen LogP contribution is 2.19. The zero-order chi connectivity index (χ0) is 32.5. The summed E-state index contributed by atoms with van der Waals surface area (Å²) in [6.45, 7) is 16.3. The van der Waals surface area contributed by atoms with Crippen LogP contribution >= 0.6 is 0 Å². The number of allylic oxidation sites excluding steroid dienone is 1. The number of epoxide rings is 6. The number of hydrogen-bond donors (Lipinski definition) is 0. The Hall–Kier alpha value is -2.66. The molecule has 2 aromatic rings. The third-order valence-corrected chi connectivity index (χ3v) is 8.82. The van der Waals surface area contributed by atoms with Crippen LogP contribution in [0.4, 0.5) is 0 Å². The van der Waals surface area contributed by atoms with Crippen LogP contribution in [0.25, 0.3) is 0 Å². The summed E-state index contributed by atoms with van der Waals surface area (Å²) in [6.07, 6.45) is 19.3. The summed E-state index contributed by atoms with van der Waals surface area (Å²) in [5.74, 6) is 1.35. The van der Waals surface area contributed by atoms with Gasteiger partial charge in [0.2, 0.25) is 0 Å². The Morgan fingerprint density at radius 2 is 1.21 bits per heavy atom. The molecule has 7 aliphatic rings. The van der Waals surface area contributed by atoms with E-state index in [0.717, 1.165) is 116 Å². The van der Waals surface area contributed by atoms with E-state index >= 15 is 0 Å². The highest BCUT2D eigenvalue weighted by Gasteiger charge is 2.32. The summed E-state index contributed by atoms with van der Waals surface area (Å²) in [4.78, 5) is 23.8. The van der Waals surface area contributed by atoms with Gasteiger partial charge in [0.1, 0.15) is 5.82 Å². The molecule has 14 heteroatoms. The number of rotatable bonds is 19. The minimum Gasteiger partial charge on any atom is -0.372 e. The average Bonchev–Trinajstić information content (AvgIpc) is 3.89. The van der Waals surface area contributed by atoms with Crippen LogP contribution in [-0.4, -0.2) is 163 Å². The number of hydrogen-bond acceptors (Lipinski definition) is 13. The predicted octanol–water partition coefficient (Wildman–Crippen LogP) is 1.02. The van der Waals surface area contributed by atoms with Gasteiger partial charge >= 0.3 is 0 Å². The molecule has 2 aromatic heterocycles. The molecule has 14 nitrogen and oxygen atoms in total. The van der Waals surface area contributed by atoms with Gasteiger partial charge in [-0.15, -0.1) is 0 Å². The predicted molar refractivity (Wildman–Crippen MR) is 176 cm³/mol. The van der Waals surface area contributed by atoms with Crippen molar-refractivity contribution >= 4 is 6.21 Å². The lowest BCUT2D eigenvalue weighted by Crippen LogP contribution is -2.33. The van der Waals surface area contributed by atoms with Gasteiger partial charge in [-0.2, -0.15) is 0 Å². The Morgan fingerprint density at radius 1 is 0.708 bits per heavy atom. The molecule has 0 aromatic carbocycles. The van der Waals surface area contributed by atoms with E-state index in [1.165, 1.54) is 0 Å². The zero-order valence-electron chi connectivity index (χ0n) is 28.0. The first-order valence-electron chi connectivity index (χ1n) is 17.4. The van der Waals surface area contributed by atoms with Crippen LogP contribution in [0, 0.1) is 12.8 Å². The molecule has 9 heterocycles. The Bertz CT molecular complexity index is 1240. The molecule has 0 N–H and O–H groups in total. The lowest BCUT2D eigenvalue weighted by atomic mass is 10.1. The maximum Gasteiger partial charge on any atom is 0.125 e. The zero-order valence-corrected chi connectivity index (χ0v) is 28.0. The molecule has 262 valence electrons. The molecule has 48 heavy (non-hydrogen) atoms. The molecular formula is C34H50N8O6. The average molecular weight is 667 g/mol. The van der Waals surface area contributed by atoms with Gasteiger partial charge in [0, 0.05) is 94.5 Å². The van der Waals surface area contributed by atoms with Crippen molar-refractivity contribution < 1.29 is 28.4 Å². The number of aryl methyl sites for hydroxylation is 1. The summed E-state index contributed by atoms with van der Waals surface area (Å²) in [6, 6.07) is 0. The SMILES string of the molecule is C1=CC(CCN(CC2CO2)CC2CO2)C=N1.Cc1ncc(CN(CC2CO2)CC2CO2)cn1.c1cn(CN(CC2CO2)CC2CO2)cn1. The van der Waals surface area contributed by atoms with Gasteiger partial charge in [-0.1, -0.05) is 6.08 Å². The molecule has 7 atom stereocenters. The fourth-order valence-corrected chi connectivity index (χ4v) is 5.65. The third-order valence-electron chi connectivity index (χ3n) is 8.82. The molecule has 0 aliphatic carbocycles. The van der Waals surface area contributed by atoms with Crippen molar-refractivity contribution in [3.05, 3.63) is 54.8 Å². The summed E-state index contributed by atoms with van der Waals surface area (Å²) in [7, 11) is 0. The first-order valence-corrected chi connectivity index (χ1v) is 17.4. The number of nitrogens with zero attached hydrogens (tertiary/aromatic N) is 8. The first kappa shape index (κ1) is 33.8. The maximum absolute atomic E-state index is 5.29. The molecule has 7 unspecified atom stereocenters. The second-order valence-electron chi connectivity index (χ2n) is 13.7. The van der Waals surface area contributed by atoms with Gasteiger partial charge in [0.15, 0.2) is 0 Å². The molecule has 0 bridgehead atoms. The summed E-state index contributed by atoms with van der Waals surface area (Å²) in [5, 5.41) is 0. The highest BCUT2D eigenvalue weighted by molar-refractivity contribution is 5.66. The standard InChI is InChI=1S/C12H17N3O2.C12H18N2O2.C10H15N3O2/c1-9-13-2-10(3-14-9)4-15(5-11-7-16-11)6-12-8-17-12;1-3-13-5-10(1)2-4-14(6-11-8-15-11)7-12-9-16-12;1-2-12(7-11-1)8-13(3-9-5-14-9)4-10-6-15-10/h2-3,11-12H,4-8H2,1H3;1,3,5,10-12H,2,4,6-9H2;1-2,7,9-10H,3-6,8H2. The Morgan fingerprint density at radius 3 is 1.65 bits per heavy atom. The minimum atomic E-state index is 0.417. The Labute approximate surface area is 283 Å². The van der Waals surface area contributed by atoms with E-state index in [1.54, 1.807) is 6.20 Å². The normalized spacial score (nSPS) is 29.8. The molecule has 0 radical (unpaired) electrons.